The summed E-state index contributed by atoms with van der Waals surface area (Å²) in [4.78, 5) is 21.7. The normalized spacial score (nSPS) is 11.9. The number of rotatable bonds is 4. The Morgan fingerprint density at radius 1 is 1.53 bits per heavy atom. The van der Waals surface area contributed by atoms with Crippen molar-refractivity contribution in [2.75, 3.05) is 0 Å². The molecule has 0 aromatic heterocycles. The third-order valence-corrected chi connectivity index (χ3v) is 2.41. The third-order valence-electron chi connectivity index (χ3n) is 2.10. The van der Waals surface area contributed by atoms with Gasteiger partial charge in [0.25, 0.3) is 0 Å². The number of aliphatic carboxylic acids is 1. The van der Waals surface area contributed by atoms with Gasteiger partial charge in [0.05, 0.1) is 5.02 Å². The Bertz CT molecular complexity index is 450. The van der Waals surface area contributed by atoms with E-state index >= 15 is 0 Å². The molecular formula is C11H11ClFNO3. The van der Waals surface area contributed by atoms with Crippen LogP contribution in [0.15, 0.2) is 18.2 Å². The fraction of sp³-hybridized carbons (Fsp3) is 0.273. The Kier molecular flexibility index (Phi) is 4.45. The summed E-state index contributed by atoms with van der Waals surface area (Å²) >= 11 is 5.50. The zero-order chi connectivity index (χ0) is 13.0. The molecule has 92 valence electrons. The van der Waals surface area contributed by atoms with Gasteiger partial charge in [0, 0.05) is 13.3 Å². The van der Waals surface area contributed by atoms with Crippen LogP contribution in [-0.2, 0) is 16.0 Å². The van der Waals surface area contributed by atoms with Gasteiger partial charge in [-0.3, -0.25) is 4.79 Å². The van der Waals surface area contributed by atoms with Gasteiger partial charge < -0.3 is 10.4 Å². The predicted octanol–water partition coefficient (Wildman–Crippen LogP) is 1.61. The van der Waals surface area contributed by atoms with Crippen LogP contribution >= 0.6 is 11.6 Å². The fourth-order valence-electron chi connectivity index (χ4n) is 1.35. The van der Waals surface area contributed by atoms with E-state index in [4.69, 9.17) is 16.7 Å². The minimum absolute atomic E-state index is 0.00298. The van der Waals surface area contributed by atoms with Crippen molar-refractivity contribution in [2.24, 2.45) is 0 Å². The van der Waals surface area contributed by atoms with E-state index < -0.39 is 23.7 Å². The Balaban J connectivity index is 2.82. The fourth-order valence-corrected chi connectivity index (χ4v) is 1.47. The molecule has 4 nitrogen and oxygen atoms in total. The van der Waals surface area contributed by atoms with Gasteiger partial charge in [-0.1, -0.05) is 17.7 Å². The molecule has 0 bridgehead atoms. The topological polar surface area (TPSA) is 66.4 Å². The van der Waals surface area contributed by atoms with Crippen LogP contribution in [-0.4, -0.2) is 23.0 Å². The van der Waals surface area contributed by atoms with E-state index in [0.29, 0.717) is 5.56 Å². The lowest BCUT2D eigenvalue weighted by Gasteiger charge is -2.13. The lowest BCUT2D eigenvalue weighted by molar-refractivity contribution is -0.141. The first-order chi connectivity index (χ1) is 7.90. The van der Waals surface area contributed by atoms with Crippen molar-refractivity contribution in [3.05, 3.63) is 34.6 Å². The van der Waals surface area contributed by atoms with Crippen LogP contribution in [0.4, 0.5) is 4.39 Å². The van der Waals surface area contributed by atoms with Gasteiger partial charge in [0.1, 0.15) is 11.9 Å². The number of hydrogen-bond donors (Lipinski definition) is 2. The number of hydrogen-bond acceptors (Lipinski definition) is 2. The second-order valence-corrected chi connectivity index (χ2v) is 3.95. The van der Waals surface area contributed by atoms with Crippen molar-refractivity contribution in [3.8, 4) is 0 Å². The average Bonchev–Trinajstić information content (AvgIpc) is 2.21. The van der Waals surface area contributed by atoms with Crippen LogP contribution in [0.3, 0.4) is 0 Å². The summed E-state index contributed by atoms with van der Waals surface area (Å²) in [6, 6.07) is 2.94. The Labute approximate surface area is 102 Å². The minimum atomic E-state index is -1.17. The minimum Gasteiger partial charge on any atom is -0.480 e. The van der Waals surface area contributed by atoms with Crippen LogP contribution < -0.4 is 5.32 Å². The van der Waals surface area contributed by atoms with E-state index in [1.807, 2.05) is 0 Å². The molecule has 0 saturated heterocycles. The predicted molar refractivity (Wildman–Crippen MR) is 60.4 cm³/mol. The van der Waals surface area contributed by atoms with Gasteiger partial charge in [0.2, 0.25) is 5.91 Å². The number of carboxylic acid groups (broad SMARTS) is 1. The third kappa shape index (κ3) is 4.03. The second kappa shape index (κ2) is 5.63. The zero-order valence-corrected chi connectivity index (χ0v) is 9.79. The molecule has 0 heterocycles. The molecule has 1 rings (SSSR count). The highest BCUT2D eigenvalue weighted by molar-refractivity contribution is 6.30. The highest BCUT2D eigenvalue weighted by Gasteiger charge is 2.19. The van der Waals surface area contributed by atoms with Gasteiger partial charge in [0.15, 0.2) is 0 Å². The quantitative estimate of drug-likeness (QED) is 0.863. The first kappa shape index (κ1) is 13.4. The molecule has 1 atom stereocenters. The van der Waals surface area contributed by atoms with Crippen molar-refractivity contribution in [1.82, 2.24) is 5.32 Å². The van der Waals surface area contributed by atoms with E-state index in [1.54, 1.807) is 0 Å². The van der Waals surface area contributed by atoms with Crippen LogP contribution in [0.25, 0.3) is 0 Å². The summed E-state index contributed by atoms with van der Waals surface area (Å²) in [5.74, 6) is -2.24. The standard InChI is InChI=1S/C11H11ClFNO3/c1-6(15)14-10(11(16)17)5-7-2-3-8(12)9(13)4-7/h2-4,10H,5H2,1H3,(H,14,15)(H,16,17)/t10-/m0/s1. The maximum Gasteiger partial charge on any atom is 0.326 e. The number of carbonyl (C=O) groups is 2. The Morgan fingerprint density at radius 3 is 2.65 bits per heavy atom. The first-order valence-electron chi connectivity index (χ1n) is 4.84. The molecule has 0 fully saturated rings. The summed E-state index contributed by atoms with van der Waals surface area (Å²) < 4.78 is 13.1. The van der Waals surface area contributed by atoms with Crippen LogP contribution in [0.5, 0.6) is 0 Å². The zero-order valence-electron chi connectivity index (χ0n) is 9.04. The molecule has 0 saturated carbocycles. The summed E-state index contributed by atoms with van der Waals surface area (Å²) in [6.07, 6.45) is 0.00298. The van der Waals surface area contributed by atoms with Gasteiger partial charge >= 0.3 is 5.97 Å². The molecule has 0 aliphatic heterocycles. The molecule has 0 unspecified atom stereocenters. The molecule has 0 aliphatic carbocycles. The molecule has 1 amide bonds. The summed E-state index contributed by atoms with van der Waals surface area (Å²) in [6.45, 7) is 1.22. The van der Waals surface area contributed by atoms with E-state index in [2.05, 4.69) is 5.32 Å². The SMILES string of the molecule is CC(=O)N[C@@H](Cc1ccc(Cl)c(F)c1)C(=O)O. The number of nitrogens with one attached hydrogen (secondary N) is 1. The van der Waals surface area contributed by atoms with Crippen molar-refractivity contribution >= 4 is 23.5 Å². The van der Waals surface area contributed by atoms with Crippen molar-refractivity contribution in [3.63, 3.8) is 0 Å². The molecule has 1 aromatic rings. The molecular weight excluding hydrogens is 249 g/mol. The number of halogens is 2. The van der Waals surface area contributed by atoms with Crippen molar-refractivity contribution in [1.29, 1.82) is 0 Å². The summed E-state index contributed by atoms with van der Waals surface area (Å²) in [5, 5.41) is 11.1. The maximum absolute atomic E-state index is 13.1. The highest BCUT2D eigenvalue weighted by atomic mass is 35.5. The van der Waals surface area contributed by atoms with Crippen molar-refractivity contribution < 1.29 is 19.1 Å². The van der Waals surface area contributed by atoms with E-state index in [9.17, 15) is 14.0 Å². The largest absolute Gasteiger partial charge is 0.480 e. The molecule has 6 heteroatoms. The molecule has 2 N–H and O–H groups in total. The van der Waals surface area contributed by atoms with Gasteiger partial charge in [-0.2, -0.15) is 0 Å². The lowest BCUT2D eigenvalue weighted by Crippen LogP contribution is -2.41. The molecule has 0 radical (unpaired) electrons. The number of carbonyl (C=O) groups excluding carboxylic acids is 1. The maximum atomic E-state index is 13.1. The van der Waals surface area contributed by atoms with E-state index in [-0.39, 0.29) is 11.4 Å². The molecule has 17 heavy (non-hydrogen) atoms. The van der Waals surface area contributed by atoms with Gasteiger partial charge in [-0.05, 0) is 17.7 Å². The van der Waals surface area contributed by atoms with Crippen LogP contribution in [0.1, 0.15) is 12.5 Å². The average molecular weight is 260 g/mol. The van der Waals surface area contributed by atoms with E-state index in [0.717, 1.165) is 6.07 Å². The van der Waals surface area contributed by atoms with E-state index in [1.165, 1.54) is 19.1 Å². The number of benzene rings is 1. The summed E-state index contributed by atoms with van der Waals surface area (Å²) in [7, 11) is 0. The Morgan fingerprint density at radius 2 is 2.18 bits per heavy atom. The highest BCUT2D eigenvalue weighted by Crippen LogP contribution is 2.16. The Hall–Kier alpha value is -1.62. The molecule has 1 aromatic carbocycles. The number of carboxylic acids is 1. The van der Waals surface area contributed by atoms with Gasteiger partial charge in [-0.15, -0.1) is 0 Å². The molecule has 0 spiro atoms. The first-order valence-corrected chi connectivity index (χ1v) is 5.21. The second-order valence-electron chi connectivity index (χ2n) is 3.54. The van der Waals surface area contributed by atoms with Crippen LogP contribution in [0.2, 0.25) is 5.02 Å². The number of amides is 1. The monoisotopic (exact) mass is 259 g/mol. The van der Waals surface area contributed by atoms with Crippen LogP contribution in [0, 0.1) is 5.82 Å². The summed E-state index contributed by atoms with van der Waals surface area (Å²) in [5.41, 5.74) is 0.452. The lowest BCUT2D eigenvalue weighted by atomic mass is 10.1. The van der Waals surface area contributed by atoms with Gasteiger partial charge in [-0.25, -0.2) is 9.18 Å². The van der Waals surface area contributed by atoms with Crippen molar-refractivity contribution in [2.45, 2.75) is 19.4 Å². The molecule has 0 aliphatic rings. The smallest absolute Gasteiger partial charge is 0.326 e.